The van der Waals surface area contributed by atoms with Crippen molar-refractivity contribution in [2.45, 2.75) is 93.0 Å². The molecule has 0 aliphatic carbocycles. The van der Waals surface area contributed by atoms with E-state index in [0.29, 0.717) is 6.42 Å². The molecule has 1 amide bonds. The van der Waals surface area contributed by atoms with Crippen molar-refractivity contribution in [3.05, 3.63) is 53.6 Å². The van der Waals surface area contributed by atoms with E-state index in [-0.39, 0.29) is 22.7 Å². The van der Waals surface area contributed by atoms with Crippen molar-refractivity contribution in [1.82, 2.24) is 0 Å². The Morgan fingerprint density at radius 1 is 1.12 bits per heavy atom. The monoisotopic (exact) mass is 483 g/mol. The van der Waals surface area contributed by atoms with Crippen LogP contribution >= 0.6 is 11.8 Å². The van der Waals surface area contributed by atoms with Gasteiger partial charge in [-0.1, -0.05) is 44.7 Å². The molecule has 2 unspecified atom stereocenters. The van der Waals surface area contributed by atoms with Crippen LogP contribution in [0.3, 0.4) is 0 Å². The molecule has 0 bridgehead atoms. The molecule has 1 fully saturated rings. The molecule has 178 valence electrons. The van der Waals surface area contributed by atoms with Crippen molar-refractivity contribution < 1.29 is 14.0 Å². The van der Waals surface area contributed by atoms with Crippen molar-refractivity contribution in [1.29, 1.82) is 0 Å². The predicted octanol–water partition coefficient (Wildman–Crippen LogP) is 7.14. The summed E-state index contributed by atoms with van der Waals surface area (Å²) in [7, 11) is -1.99. The van der Waals surface area contributed by atoms with E-state index in [9.17, 15) is 4.79 Å². The molecule has 33 heavy (non-hydrogen) atoms. The lowest BCUT2D eigenvalue weighted by molar-refractivity contribution is -0.116. The van der Waals surface area contributed by atoms with Gasteiger partial charge in [0.05, 0.1) is 11.7 Å². The summed E-state index contributed by atoms with van der Waals surface area (Å²) < 4.78 is 13.1. The number of benzene rings is 2. The molecule has 0 radical (unpaired) electrons. The average Bonchev–Trinajstić information content (AvgIpc) is 2.73. The third kappa shape index (κ3) is 5.40. The molecule has 2 atom stereocenters. The molecule has 2 aliphatic heterocycles. The number of amides is 1. The Morgan fingerprint density at radius 2 is 1.88 bits per heavy atom. The highest BCUT2D eigenvalue weighted by molar-refractivity contribution is 7.99. The Morgan fingerprint density at radius 3 is 2.61 bits per heavy atom. The fourth-order valence-corrected chi connectivity index (χ4v) is 7.04. The second kappa shape index (κ2) is 9.21. The summed E-state index contributed by atoms with van der Waals surface area (Å²) in [5, 5.41) is 3.12. The highest BCUT2D eigenvalue weighted by atomic mass is 32.2. The summed E-state index contributed by atoms with van der Waals surface area (Å²) in [6, 6.07) is 15.2. The van der Waals surface area contributed by atoms with Crippen LogP contribution in [0, 0.1) is 0 Å². The highest BCUT2D eigenvalue weighted by Crippen LogP contribution is 2.47. The van der Waals surface area contributed by atoms with Gasteiger partial charge < -0.3 is 14.5 Å². The Kier molecular flexibility index (Phi) is 6.85. The number of nitrogens with one attached hydrogen (secondary N) is 1. The van der Waals surface area contributed by atoms with Gasteiger partial charge in [-0.2, -0.15) is 0 Å². The van der Waals surface area contributed by atoms with Crippen LogP contribution in [-0.2, 0) is 26.0 Å². The first-order valence-corrected chi connectivity index (χ1v) is 15.7. The molecule has 1 N–H and O–H groups in total. The molecule has 1 saturated heterocycles. The lowest BCUT2D eigenvalue weighted by Gasteiger charge is -2.49. The zero-order chi connectivity index (χ0) is 23.9. The number of hydrogen-bond acceptors (Lipinski definition) is 4. The van der Waals surface area contributed by atoms with Crippen molar-refractivity contribution >= 4 is 31.7 Å². The maximum atomic E-state index is 11.7. The first kappa shape index (κ1) is 24.5. The molecule has 0 spiro atoms. The van der Waals surface area contributed by atoms with Crippen LogP contribution in [0.15, 0.2) is 52.3 Å². The first-order chi connectivity index (χ1) is 15.5. The molecular formula is C27H37NO3SSi. The fraction of sp³-hybridized carbons (Fsp3) is 0.519. The van der Waals surface area contributed by atoms with Gasteiger partial charge in [0, 0.05) is 41.3 Å². The smallest absolute Gasteiger partial charge is 0.224 e. The molecule has 2 aromatic carbocycles. The van der Waals surface area contributed by atoms with Gasteiger partial charge in [-0.25, -0.2) is 0 Å². The summed E-state index contributed by atoms with van der Waals surface area (Å²) in [6.07, 6.45) is 3.31. The van der Waals surface area contributed by atoms with E-state index in [1.54, 1.807) is 11.8 Å². The standard InChI is InChI=1S/C27H37NO3SSi/c1-19-18-27(14-15-30-19,31-33(5,6)26(2,3)4)21-8-7-9-22(17-21)32-23-11-12-24-20(16-23)10-13-25(29)28-24/h7-9,11-12,16-17,19H,10,13-15,18H2,1-6H3,(H,28,29). The predicted molar refractivity (Wildman–Crippen MR) is 139 cm³/mol. The Bertz CT molecular complexity index is 1030. The molecule has 4 rings (SSSR count). The number of aryl methyl sites for hydroxylation is 1. The molecule has 2 aliphatic rings. The fourth-order valence-electron chi connectivity index (χ4n) is 4.51. The largest absolute Gasteiger partial charge is 0.407 e. The van der Waals surface area contributed by atoms with E-state index in [1.807, 2.05) is 6.07 Å². The molecule has 0 aromatic heterocycles. The summed E-state index contributed by atoms with van der Waals surface area (Å²) in [6.45, 7) is 14.5. The summed E-state index contributed by atoms with van der Waals surface area (Å²) >= 11 is 1.77. The van der Waals surface area contributed by atoms with Gasteiger partial charge in [0.2, 0.25) is 5.91 Å². The quantitative estimate of drug-likeness (QED) is 0.459. The minimum Gasteiger partial charge on any atom is -0.407 e. The van der Waals surface area contributed by atoms with Gasteiger partial charge in [0.15, 0.2) is 8.32 Å². The molecule has 2 aromatic rings. The van der Waals surface area contributed by atoms with E-state index in [2.05, 4.69) is 82.5 Å². The van der Waals surface area contributed by atoms with Gasteiger partial charge in [-0.15, -0.1) is 0 Å². The van der Waals surface area contributed by atoms with Crippen molar-refractivity contribution in [3.8, 4) is 0 Å². The van der Waals surface area contributed by atoms with E-state index in [1.165, 1.54) is 20.9 Å². The van der Waals surface area contributed by atoms with Gasteiger partial charge in [-0.3, -0.25) is 4.79 Å². The number of hydrogen-bond donors (Lipinski definition) is 1. The maximum Gasteiger partial charge on any atom is 0.224 e. The zero-order valence-corrected chi connectivity index (χ0v) is 22.6. The van der Waals surface area contributed by atoms with Crippen LogP contribution in [-0.4, -0.2) is 26.9 Å². The summed E-state index contributed by atoms with van der Waals surface area (Å²) in [5.41, 5.74) is 3.11. The zero-order valence-electron chi connectivity index (χ0n) is 20.8. The van der Waals surface area contributed by atoms with Crippen molar-refractivity contribution in [3.63, 3.8) is 0 Å². The first-order valence-electron chi connectivity index (χ1n) is 12.0. The van der Waals surface area contributed by atoms with E-state index < -0.39 is 8.32 Å². The minimum absolute atomic E-state index is 0.105. The number of fused-ring (bicyclic) bond motifs is 1. The summed E-state index contributed by atoms with van der Waals surface area (Å²) in [5.74, 6) is 0.105. The Labute approximate surface area is 204 Å². The van der Waals surface area contributed by atoms with Gasteiger partial charge in [0.25, 0.3) is 0 Å². The van der Waals surface area contributed by atoms with Gasteiger partial charge in [0.1, 0.15) is 0 Å². The normalized spacial score (nSPS) is 23.7. The molecule has 2 heterocycles. The highest BCUT2D eigenvalue weighted by Gasteiger charge is 2.47. The lowest BCUT2D eigenvalue weighted by Crippen LogP contribution is -2.51. The van der Waals surface area contributed by atoms with Gasteiger partial charge in [-0.05, 0) is 72.9 Å². The second-order valence-electron chi connectivity index (χ2n) is 11.0. The van der Waals surface area contributed by atoms with Crippen LogP contribution < -0.4 is 5.32 Å². The number of carbonyl (C=O) groups is 1. The maximum absolute atomic E-state index is 11.7. The number of ether oxygens (including phenoxy) is 1. The minimum atomic E-state index is -1.99. The lowest BCUT2D eigenvalue weighted by atomic mass is 9.84. The Balaban J connectivity index is 1.63. The molecule has 4 nitrogen and oxygen atoms in total. The van der Waals surface area contributed by atoms with Crippen LogP contribution in [0.25, 0.3) is 0 Å². The second-order valence-corrected chi connectivity index (χ2v) is 16.9. The Hall–Kier alpha value is -1.60. The van der Waals surface area contributed by atoms with E-state index in [4.69, 9.17) is 9.16 Å². The topological polar surface area (TPSA) is 47.6 Å². The molecule has 6 heteroatoms. The third-order valence-electron chi connectivity index (χ3n) is 7.35. The van der Waals surface area contributed by atoms with Crippen LogP contribution in [0.2, 0.25) is 18.1 Å². The summed E-state index contributed by atoms with van der Waals surface area (Å²) in [4.78, 5) is 14.1. The average molecular weight is 484 g/mol. The number of rotatable bonds is 5. The number of carbonyl (C=O) groups excluding carboxylic acids is 1. The third-order valence-corrected chi connectivity index (χ3v) is 12.8. The van der Waals surface area contributed by atoms with Gasteiger partial charge >= 0.3 is 0 Å². The van der Waals surface area contributed by atoms with Crippen molar-refractivity contribution in [2.75, 3.05) is 11.9 Å². The van der Waals surface area contributed by atoms with Crippen LogP contribution in [0.5, 0.6) is 0 Å². The number of anilines is 1. The van der Waals surface area contributed by atoms with Crippen molar-refractivity contribution in [2.24, 2.45) is 0 Å². The SMILES string of the molecule is CC1CC(O[Si](C)(C)C(C)(C)C)(c2cccc(Sc3ccc4c(c3)CCC(=O)N4)c2)CCO1. The van der Waals surface area contributed by atoms with Crippen LogP contribution in [0.1, 0.15) is 58.1 Å². The van der Waals surface area contributed by atoms with E-state index >= 15 is 0 Å². The van der Waals surface area contributed by atoms with Crippen LogP contribution in [0.4, 0.5) is 5.69 Å². The molecule has 0 saturated carbocycles. The van der Waals surface area contributed by atoms with E-state index in [0.717, 1.165) is 31.6 Å². The molecular weight excluding hydrogens is 446 g/mol.